The molecule has 1 aromatic heterocycles. The van der Waals surface area contributed by atoms with Crippen molar-refractivity contribution in [3.05, 3.63) is 35.1 Å². The zero-order chi connectivity index (χ0) is 14.2. The lowest BCUT2D eigenvalue weighted by molar-refractivity contribution is -0.114. The molecular formula is C16H21ClN2O. The molecule has 20 heavy (non-hydrogen) atoms. The predicted octanol–water partition coefficient (Wildman–Crippen LogP) is 3.11. The van der Waals surface area contributed by atoms with Gasteiger partial charge in [-0.15, -0.1) is 0 Å². The molecule has 4 heteroatoms. The number of aromatic nitrogens is 1. The monoisotopic (exact) mass is 292 g/mol. The van der Waals surface area contributed by atoms with E-state index in [4.69, 9.17) is 16.3 Å². The quantitative estimate of drug-likeness (QED) is 0.856. The van der Waals surface area contributed by atoms with Gasteiger partial charge in [-0.3, -0.25) is 9.88 Å². The van der Waals surface area contributed by atoms with Crippen LogP contribution in [0.1, 0.15) is 19.4 Å². The second-order valence-electron chi connectivity index (χ2n) is 6.53. The SMILES string of the molecule is C[C@@H]1C=C(c2cncc(Cl)c2)CN(CC2(C)COC2)C1. The van der Waals surface area contributed by atoms with Crippen molar-refractivity contribution in [1.82, 2.24) is 9.88 Å². The summed E-state index contributed by atoms with van der Waals surface area (Å²) in [5.41, 5.74) is 2.81. The van der Waals surface area contributed by atoms with Gasteiger partial charge in [0.25, 0.3) is 0 Å². The first kappa shape index (κ1) is 14.1. The molecule has 0 aromatic carbocycles. The smallest absolute Gasteiger partial charge is 0.0595 e. The minimum absolute atomic E-state index is 0.328. The van der Waals surface area contributed by atoms with Gasteiger partial charge in [0.15, 0.2) is 0 Å². The Morgan fingerprint density at radius 2 is 2.25 bits per heavy atom. The van der Waals surface area contributed by atoms with Crippen LogP contribution in [0.2, 0.25) is 5.02 Å². The van der Waals surface area contributed by atoms with Crippen LogP contribution in [0.3, 0.4) is 0 Å². The maximum absolute atomic E-state index is 6.06. The van der Waals surface area contributed by atoms with E-state index in [-0.39, 0.29) is 0 Å². The minimum atomic E-state index is 0.328. The summed E-state index contributed by atoms with van der Waals surface area (Å²) < 4.78 is 5.36. The molecule has 3 nitrogen and oxygen atoms in total. The highest BCUT2D eigenvalue weighted by atomic mass is 35.5. The van der Waals surface area contributed by atoms with Crippen molar-refractivity contribution in [2.24, 2.45) is 11.3 Å². The number of halogens is 1. The van der Waals surface area contributed by atoms with Gasteiger partial charge in [-0.25, -0.2) is 0 Å². The van der Waals surface area contributed by atoms with Crippen LogP contribution in [0.15, 0.2) is 24.5 Å². The van der Waals surface area contributed by atoms with Crippen LogP contribution in [0, 0.1) is 11.3 Å². The van der Waals surface area contributed by atoms with Gasteiger partial charge >= 0.3 is 0 Å². The van der Waals surface area contributed by atoms with Gasteiger partial charge in [0.05, 0.1) is 18.2 Å². The Kier molecular flexibility index (Phi) is 3.85. The van der Waals surface area contributed by atoms with Gasteiger partial charge in [-0.05, 0) is 23.1 Å². The molecule has 2 aliphatic rings. The van der Waals surface area contributed by atoms with Crippen LogP contribution >= 0.6 is 11.6 Å². The fraction of sp³-hybridized carbons (Fsp3) is 0.562. The number of nitrogens with zero attached hydrogens (tertiary/aromatic N) is 2. The maximum Gasteiger partial charge on any atom is 0.0595 e. The highest BCUT2D eigenvalue weighted by Crippen LogP contribution is 2.31. The van der Waals surface area contributed by atoms with E-state index in [2.05, 4.69) is 29.8 Å². The van der Waals surface area contributed by atoms with Gasteiger partial charge in [0.1, 0.15) is 0 Å². The second kappa shape index (κ2) is 5.47. The second-order valence-corrected chi connectivity index (χ2v) is 6.97. The molecular weight excluding hydrogens is 272 g/mol. The molecule has 0 unspecified atom stereocenters. The van der Waals surface area contributed by atoms with Crippen LogP contribution < -0.4 is 0 Å². The first-order valence-electron chi connectivity index (χ1n) is 7.16. The molecule has 0 N–H and O–H groups in total. The summed E-state index contributed by atoms with van der Waals surface area (Å²) in [4.78, 5) is 6.73. The molecule has 1 atom stereocenters. The number of hydrogen-bond donors (Lipinski definition) is 0. The van der Waals surface area contributed by atoms with Gasteiger partial charge in [0.2, 0.25) is 0 Å². The molecule has 3 rings (SSSR count). The Balaban J connectivity index is 1.75. The highest BCUT2D eigenvalue weighted by Gasteiger charge is 2.36. The maximum atomic E-state index is 6.06. The average molecular weight is 293 g/mol. The van der Waals surface area contributed by atoms with E-state index in [1.165, 1.54) is 5.57 Å². The van der Waals surface area contributed by atoms with Gasteiger partial charge in [-0.1, -0.05) is 31.5 Å². The van der Waals surface area contributed by atoms with Crippen molar-refractivity contribution in [3.8, 4) is 0 Å². The van der Waals surface area contributed by atoms with Crippen molar-refractivity contribution < 1.29 is 4.74 Å². The van der Waals surface area contributed by atoms with Crippen molar-refractivity contribution >= 4 is 17.2 Å². The van der Waals surface area contributed by atoms with Crippen molar-refractivity contribution in [2.45, 2.75) is 13.8 Å². The molecule has 2 aliphatic heterocycles. The molecule has 1 aromatic rings. The van der Waals surface area contributed by atoms with Crippen molar-refractivity contribution in [3.63, 3.8) is 0 Å². The van der Waals surface area contributed by atoms with E-state index < -0.39 is 0 Å². The number of rotatable bonds is 3. The van der Waals surface area contributed by atoms with E-state index in [1.807, 2.05) is 12.3 Å². The first-order chi connectivity index (χ1) is 9.54. The normalized spacial score (nSPS) is 25.9. The summed E-state index contributed by atoms with van der Waals surface area (Å²) in [6, 6.07) is 2.00. The van der Waals surface area contributed by atoms with Crippen molar-refractivity contribution in [2.75, 3.05) is 32.8 Å². The number of hydrogen-bond acceptors (Lipinski definition) is 3. The third-order valence-corrected chi connectivity index (χ3v) is 4.21. The summed E-state index contributed by atoms with van der Waals surface area (Å²) in [6.07, 6.45) is 5.94. The lowest BCUT2D eigenvalue weighted by atomic mass is 9.86. The topological polar surface area (TPSA) is 25.4 Å². The lowest BCUT2D eigenvalue weighted by Gasteiger charge is -2.43. The third-order valence-electron chi connectivity index (χ3n) is 4.01. The van der Waals surface area contributed by atoms with Crippen LogP contribution in [-0.4, -0.2) is 42.7 Å². The fourth-order valence-electron chi connectivity index (χ4n) is 3.14. The molecule has 1 saturated heterocycles. The number of ether oxygens (including phenoxy) is 1. The highest BCUT2D eigenvalue weighted by molar-refractivity contribution is 6.30. The molecule has 0 aliphatic carbocycles. The zero-order valence-corrected chi connectivity index (χ0v) is 12.9. The molecule has 0 radical (unpaired) electrons. The predicted molar refractivity (Wildman–Crippen MR) is 81.8 cm³/mol. The summed E-state index contributed by atoms with van der Waals surface area (Å²) in [7, 11) is 0. The van der Waals surface area contributed by atoms with E-state index in [0.29, 0.717) is 16.4 Å². The molecule has 0 amide bonds. The van der Waals surface area contributed by atoms with Gasteiger partial charge in [-0.2, -0.15) is 0 Å². The Bertz CT molecular complexity index is 525. The Labute approximate surface area is 125 Å². The standard InChI is InChI=1S/C16H21ClN2O/c1-12-3-14(13-4-15(17)6-18-5-13)8-19(7-12)9-16(2)10-20-11-16/h3-6,12H,7-11H2,1-2H3/t12-/m1/s1. The fourth-order valence-corrected chi connectivity index (χ4v) is 3.31. The van der Waals surface area contributed by atoms with Crippen LogP contribution in [0.25, 0.3) is 5.57 Å². The Hall–Kier alpha value is -0.900. The first-order valence-corrected chi connectivity index (χ1v) is 7.54. The zero-order valence-electron chi connectivity index (χ0n) is 12.1. The summed E-state index contributed by atoms with van der Waals surface area (Å²) in [5, 5.41) is 0.701. The van der Waals surface area contributed by atoms with Crippen LogP contribution in [0.5, 0.6) is 0 Å². The van der Waals surface area contributed by atoms with E-state index in [0.717, 1.165) is 38.4 Å². The van der Waals surface area contributed by atoms with Gasteiger partial charge in [0, 0.05) is 37.4 Å². The van der Waals surface area contributed by atoms with Crippen LogP contribution in [0.4, 0.5) is 0 Å². The summed E-state index contributed by atoms with van der Waals surface area (Å²) in [5.74, 6) is 0.558. The van der Waals surface area contributed by atoms with E-state index in [1.54, 1.807) is 6.20 Å². The third kappa shape index (κ3) is 3.05. The lowest BCUT2D eigenvalue weighted by Crippen LogP contribution is -2.50. The van der Waals surface area contributed by atoms with Crippen LogP contribution in [-0.2, 0) is 4.74 Å². The van der Waals surface area contributed by atoms with E-state index in [9.17, 15) is 0 Å². The number of pyridine rings is 1. The molecule has 1 fully saturated rings. The molecule has 3 heterocycles. The largest absolute Gasteiger partial charge is 0.380 e. The summed E-state index contributed by atoms with van der Waals surface area (Å²) >= 11 is 6.06. The Morgan fingerprint density at radius 3 is 2.90 bits per heavy atom. The molecule has 108 valence electrons. The average Bonchev–Trinajstić information content (AvgIpc) is 2.36. The van der Waals surface area contributed by atoms with E-state index >= 15 is 0 Å². The molecule has 0 spiro atoms. The summed E-state index contributed by atoms with van der Waals surface area (Å²) in [6.45, 7) is 9.53. The molecule has 0 bridgehead atoms. The molecule has 0 saturated carbocycles. The Morgan fingerprint density at radius 1 is 1.45 bits per heavy atom. The van der Waals surface area contributed by atoms with Gasteiger partial charge < -0.3 is 4.74 Å². The van der Waals surface area contributed by atoms with Crippen molar-refractivity contribution in [1.29, 1.82) is 0 Å². The minimum Gasteiger partial charge on any atom is -0.380 e.